The SMILES string of the molecule is O=C(CN1CCC(c2cc(Nc3ccccn3)ccn2)CC1)Nc1ccccc1F. The zero-order valence-corrected chi connectivity index (χ0v) is 16.6. The Hall–Kier alpha value is -3.32. The van der Waals surface area contributed by atoms with E-state index in [9.17, 15) is 9.18 Å². The summed E-state index contributed by atoms with van der Waals surface area (Å²) in [5.74, 6) is 0.528. The Morgan fingerprint density at radius 3 is 2.60 bits per heavy atom. The highest BCUT2D eigenvalue weighted by atomic mass is 19.1. The van der Waals surface area contributed by atoms with Crippen LogP contribution < -0.4 is 10.6 Å². The summed E-state index contributed by atoms with van der Waals surface area (Å²) in [6.45, 7) is 1.86. The topological polar surface area (TPSA) is 70.2 Å². The van der Waals surface area contributed by atoms with Crippen molar-refractivity contribution in [1.82, 2.24) is 14.9 Å². The minimum Gasteiger partial charge on any atom is -0.340 e. The molecule has 0 radical (unpaired) electrons. The first-order valence-electron chi connectivity index (χ1n) is 10.1. The Bertz CT molecular complexity index is 990. The van der Waals surface area contributed by atoms with Crippen LogP contribution in [0.25, 0.3) is 0 Å². The highest BCUT2D eigenvalue weighted by Crippen LogP contribution is 2.28. The standard InChI is InChI=1S/C23H24FN5O/c24-19-5-1-2-6-20(19)28-23(30)16-29-13-9-17(10-14-29)21-15-18(8-12-25-21)27-22-7-3-4-11-26-22/h1-8,11-12,15,17H,9-10,13-14,16H2,(H,28,30)(H,25,26,27). The molecule has 0 spiro atoms. The highest BCUT2D eigenvalue weighted by Gasteiger charge is 2.23. The number of rotatable bonds is 6. The molecule has 0 atom stereocenters. The van der Waals surface area contributed by atoms with Gasteiger partial charge in [0.2, 0.25) is 5.91 Å². The molecule has 6 nitrogen and oxygen atoms in total. The highest BCUT2D eigenvalue weighted by molar-refractivity contribution is 5.92. The Balaban J connectivity index is 1.30. The van der Waals surface area contributed by atoms with E-state index in [0.29, 0.717) is 5.92 Å². The fraction of sp³-hybridized carbons (Fsp3) is 0.261. The first-order chi connectivity index (χ1) is 14.7. The summed E-state index contributed by atoms with van der Waals surface area (Å²) in [5, 5.41) is 5.95. The predicted molar refractivity (Wildman–Crippen MR) is 115 cm³/mol. The molecule has 2 aromatic heterocycles. The monoisotopic (exact) mass is 405 g/mol. The van der Waals surface area contributed by atoms with Gasteiger partial charge in [-0.05, 0) is 62.3 Å². The van der Waals surface area contributed by atoms with Gasteiger partial charge < -0.3 is 10.6 Å². The summed E-state index contributed by atoms with van der Waals surface area (Å²) in [6, 6.07) is 16.0. The lowest BCUT2D eigenvalue weighted by atomic mass is 9.93. The second-order valence-electron chi connectivity index (χ2n) is 7.39. The van der Waals surface area contributed by atoms with E-state index in [-0.39, 0.29) is 18.1 Å². The first kappa shape index (κ1) is 20.0. The molecule has 0 unspecified atom stereocenters. The number of piperidine rings is 1. The van der Waals surface area contributed by atoms with Crippen molar-refractivity contribution in [2.45, 2.75) is 18.8 Å². The van der Waals surface area contributed by atoms with E-state index in [1.165, 1.54) is 6.07 Å². The van der Waals surface area contributed by atoms with Crippen LogP contribution in [0.15, 0.2) is 67.0 Å². The van der Waals surface area contributed by atoms with Gasteiger partial charge in [-0.15, -0.1) is 0 Å². The van der Waals surface area contributed by atoms with Crippen molar-refractivity contribution in [3.63, 3.8) is 0 Å². The van der Waals surface area contributed by atoms with Crippen molar-refractivity contribution in [1.29, 1.82) is 0 Å². The zero-order valence-electron chi connectivity index (χ0n) is 16.6. The quantitative estimate of drug-likeness (QED) is 0.644. The van der Waals surface area contributed by atoms with Gasteiger partial charge in [-0.2, -0.15) is 0 Å². The molecular weight excluding hydrogens is 381 g/mol. The molecule has 0 saturated carbocycles. The number of nitrogens with one attached hydrogen (secondary N) is 2. The summed E-state index contributed by atoms with van der Waals surface area (Å²) < 4.78 is 13.7. The van der Waals surface area contributed by atoms with Gasteiger partial charge in [0.25, 0.3) is 0 Å². The number of benzene rings is 1. The van der Waals surface area contributed by atoms with Crippen molar-refractivity contribution >= 4 is 23.1 Å². The number of pyridine rings is 2. The second kappa shape index (κ2) is 9.45. The second-order valence-corrected chi connectivity index (χ2v) is 7.39. The van der Waals surface area contributed by atoms with E-state index in [4.69, 9.17) is 0 Å². The average Bonchev–Trinajstić information content (AvgIpc) is 2.77. The van der Waals surface area contributed by atoms with Gasteiger partial charge in [0, 0.05) is 29.7 Å². The van der Waals surface area contributed by atoms with E-state index in [1.807, 2.05) is 30.5 Å². The van der Waals surface area contributed by atoms with Crippen LogP contribution in [-0.4, -0.2) is 40.4 Å². The first-order valence-corrected chi connectivity index (χ1v) is 10.1. The maximum Gasteiger partial charge on any atom is 0.238 e. The van der Waals surface area contributed by atoms with E-state index in [1.54, 1.807) is 24.4 Å². The fourth-order valence-corrected chi connectivity index (χ4v) is 3.68. The van der Waals surface area contributed by atoms with Gasteiger partial charge >= 0.3 is 0 Å². The van der Waals surface area contributed by atoms with Crippen LogP contribution in [0.1, 0.15) is 24.5 Å². The Morgan fingerprint density at radius 1 is 1.03 bits per heavy atom. The number of hydrogen-bond acceptors (Lipinski definition) is 5. The molecule has 0 bridgehead atoms. The van der Waals surface area contributed by atoms with Crippen LogP contribution in [0.3, 0.4) is 0 Å². The third kappa shape index (κ3) is 5.18. The van der Waals surface area contributed by atoms with Gasteiger partial charge in [-0.1, -0.05) is 18.2 Å². The Morgan fingerprint density at radius 2 is 1.83 bits per heavy atom. The van der Waals surface area contributed by atoms with Gasteiger partial charge in [-0.25, -0.2) is 9.37 Å². The molecule has 1 aliphatic heterocycles. The number of hydrogen-bond donors (Lipinski definition) is 2. The predicted octanol–water partition coefficient (Wildman–Crippen LogP) is 4.18. The molecule has 30 heavy (non-hydrogen) atoms. The maximum absolute atomic E-state index is 13.7. The van der Waals surface area contributed by atoms with E-state index in [0.717, 1.165) is 43.1 Å². The molecule has 154 valence electrons. The molecule has 3 heterocycles. The average molecular weight is 405 g/mol. The van der Waals surface area contributed by atoms with Crippen LogP contribution in [0, 0.1) is 5.82 Å². The van der Waals surface area contributed by atoms with Crippen molar-refractivity contribution in [2.75, 3.05) is 30.3 Å². The number of aromatic nitrogens is 2. The van der Waals surface area contributed by atoms with Crippen LogP contribution in [0.2, 0.25) is 0 Å². The molecule has 7 heteroatoms. The van der Waals surface area contributed by atoms with Gasteiger partial charge in [-0.3, -0.25) is 14.7 Å². The normalized spacial score (nSPS) is 15.0. The van der Waals surface area contributed by atoms with E-state index in [2.05, 4.69) is 31.6 Å². The smallest absolute Gasteiger partial charge is 0.238 e. The number of carbonyl (C=O) groups is 1. The number of para-hydroxylation sites is 1. The summed E-state index contributed by atoms with van der Waals surface area (Å²) >= 11 is 0. The Kier molecular flexibility index (Phi) is 6.29. The molecule has 0 aliphatic carbocycles. The zero-order chi connectivity index (χ0) is 20.8. The molecule has 1 saturated heterocycles. The molecule has 1 aromatic carbocycles. The van der Waals surface area contributed by atoms with Gasteiger partial charge in [0.05, 0.1) is 12.2 Å². The number of halogens is 1. The van der Waals surface area contributed by atoms with E-state index >= 15 is 0 Å². The van der Waals surface area contributed by atoms with Crippen LogP contribution in [0.4, 0.5) is 21.6 Å². The van der Waals surface area contributed by atoms with Crippen LogP contribution in [0.5, 0.6) is 0 Å². The number of anilines is 3. The van der Waals surface area contributed by atoms with Gasteiger partial charge in [0.15, 0.2) is 0 Å². The molecule has 1 aliphatic rings. The summed E-state index contributed by atoms with van der Waals surface area (Å²) in [5.41, 5.74) is 2.23. The fourth-order valence-electron chi connectivity index (χ4n) is 3.68. The summed E-state index contributed by atoms with van der Waals surface area (Å²) in [7, 11) is 0. The largest absolute Gasteiger partial charge is 0.340 e. The van der Waals surface area contributed by atoms with Crippen LogP contribution in [-0.2, 0) is 4.79 Å². The molecule has 4 rings (SSSR count). The number of likely N-dealkylation sites (tertiary alicyclic amines) is 1. The van der Waals surface area contributed by atoms with Crippen molar-refractivity contribution < 1.29 is 9.18 Å². The lowest BCUT2D eigenvalue weighted by Gasteiger charge is -2.31. The number of carbonyl (C=O) groups excluding carboxylic acids is 1. The molecule has 3 aromatic rings. The molecule has 1 amide bonds. The third-order valence-corrected chi connectivity index (χ3v) is 5.24. The maximum atomic E-state index is 13.7. The lowest BCUT2D eigenvalue weighted by molar-refractivity contribution is -0.117. The molecule has 1 fully saturated rings. The third-order valence-electron chi connectivity index (χ3n) is 5.24. The molecular formula is C23H24FN5O. The Labute approximate surface area is 175 Å². The molecule has 2 N–H and O–H groups in total. The summed E-state index contributed by atoms with van der Waals surface area (Å²) in [6.07, 6.45) is 5.41. The van der Waals surface area contributed by atoms with Crippen molar-refractivity contribution in [3.8, 4) is 0 Å². The number of amides is 1. The van der Waals surface area contributed by atoms with Crippen LogP contribution >= 0.6 is 0 Å². The minimum atomic E-state index is -0.421. The van der Waals surface area contributed by atoms with E-state index < -0.39 is 5.82 Å². The minimum absolute atomic E-state index is 0.196. The lowest BCUT2D eigenvalue weighted by Crippen LogP contribution is -2.39. The van der Waals surface area contributed by atoms with Gasteiger partial charge in [0.1, 0.15) is 11.6 Å². The summed E-state index contributed by atoms with van der Waals surface area (Å²) in [4.78, 5) is 23.2. The van der Waals surface area contributed by atoms with Crippen molar-refractivity contribution in [2.24, 2.45) is 0 Å². The number of nitrogens with zero attached hydrogens (tertiary/aromatic N) is 3. The van der Waals surface area contributed by atoms with Crippen molar-refractivity contribution in [3.05, 3.63) is 78.5 Å².